The molecule has 1 heterocycles. The largest absolute Gasteiger partial charge is 0.460 e. The Bertz CT molecular complexity index is 743. The van der Waals surface area contributed by atoms with E-state index in [1.807, 2.05) is 13.0 Å². The van der Waals surface area contributed by atoms with E-state index >= 15 is 0 Å². The molecule has 23 heavy (non-hydrogen) atoms. The van der Waals surface area contributed by atoms with Crippen LogP contribution in [-0.2, 0) is 4.79 Å². The number of hydrogen-bond acceptors (Lipinski definition) is 4. The zero-order valence-corrected chi connectivity index (χ0v) is 12.7. The highest BCUT2D eigenvalue weighted by Gasteiger charge is 2.29. The SMILES string of the molecule is Cc1ccc(C=NNC(=O)c2ccc(NC(=O)C3CC3)cc2)o1. The number of amides is 2. The molecule has 1 aliphatic rings. The van der Waals surface area contributed by atoms with Crippen LogP contribution < -0.4 is 10.7 Å². The second-order valence-electron chi connectivity index (χ2n) is 5.49. The fourth-order valence-corrected chi connectivity index (χ4v) is 2.04. The fourth-order valence-electron chi connectivity index (χ4n) is 2.04. The van der Waals surface area contributed by atoms with E-state index in [1.165, 1.54) is 6.21 Å². The van der Waals surface area contributed by atoms with Crippen LogP contribution in [0.5, 0.6) is 0 Å². The molecule has 6 nitrogen and oxygen atoms in total. The number of nitrogens with zero attached hydrogens (tertiary/aromatic N) is 1. The molecule has 1 aliphatic carbocycles. The first-order valence-electron chi connectivity index (χ1n) is 7.42. The lowest BCUT2D eigenvalue weighted by atomic mass is 10.2. The number of carbonyl (C=O) groups is 2. The summed E-state index contributed by atoms with van der Waals surface area (Å²) >= 11 is 0. The van der Waals surface area contributed by atoms with Gasteiger partial charge in [-0.2, -0.15) is 5.10 Å². The number of furan rings is 1. The van der Waals surface area contributed by atoms with Crippen molar-refractivity contribution in [3.05, 3.63) is 53.5 Å². The van der Waals surface area contributed by atoms with Crippen molar-refractivity contribution >= 4 is 23.7 Å². The number of hydrazone groups is 1. The van der Waals surface area contributed by atoms with Crippen LogP contribution >= 0.6 is 0 Å². The minimum absolute atomic E-state index is 0.0422. The molecule has 1 saturated carbocycles. The summed E-state index contributed by atoms with van der Waals surface area (Å²) in [6.07, 6.45) is 3.36. The molecule has 6 heteroatoms. The summed E-state index contributed by atoms with van der Waals surface area (Å²) in [7, 11) is 0. The minimum atomic E-state index is -0.329. The van der Waals surface area contributed by atoms with Gasteiger partial charge in [0.15, 0.2) is 0 Å². The molecule has 0 atom stereocenters. The van der Waals surface area contributed by atoms with Gasteiger partial charge >= 0.3 is 0 Å². The van der Waals surface area contributed by atoms with E-state index in [0.29, 0.717) is 17.0 Å². The number of hydrogen-bond donors (Lipinski definition) is 2. The highest BCUT2D eigenvalue weighted by molar-refractivity contribution is 5.97. The molecular weight excluding hydrogens is 294 g/mol. The number of carbonyl (C=O) groups excluding carboxylic acids is 2. The Labute approximate surface area is 133 Å². The standard InChI is InChI=1S/C17H17N3O3/c1-11-2-9-15(23-11)10-18-20-17(22)13-5-7-14(8-6-13)19-16(21)12-3-4-12/h2,5-10,12H,3-4H2,1H3,(H,19,21)(H,20,22). The number of aryl methyl sites for hydroxylation is 1. The first kappa shape index (κ1) is 15.0. The maximum atomic E-state index is 11.9. The van der Waals surface area contributed by atoms with Gasteiger partial charge in [-0.1, -0.05) is 0 Å². The summed E-state index contributed by atoms with van der Waals surface area (Å²) in [6, 6.07) is 10.3. The van der Waals surface area contributed by atoms with Crippen molar-refractivity contribution in [1.29, 1.82) is 0 Å². The predicted molar refractivity (Wildman–Crippen MR) is 86.3 cm³/mol. The Kier molecular flexibility index (Phi) is 4.23. The van der Waals surface area contributed by atoms with E-state index in [4.69, 9.17) is 4.42 Å². The van der Waals surface area contributed by atoms with Gasteiger partial charge in [0.25, 0.3) is 5.91 Å². The van der Waals surface area contributed by atoms with Gasteiger partial charge < -0.3 is 9.73 Å². The lowest BCUT2D eigenvalue weighted by Gasteiger charge is -2.05. The lowest BCUT2D eigenvalue weighted by molar-refractivity contribution is -0.117. The van der Waals surface area contributed by atoms with Crippen molar-refractivity contribution < 1.29 is 14.0 Å². The number of rotatable bonds is 5. The van der Waals surface area contributed by atoms with Gasteiger partial charge in [0.2, 0.25) is 5.91 Å². The Hall–Kier alpha value is -2.89. The van der Waals surface area contributed by atoms with Crippen LogP contribution in [0.15, 0.2) is 45.9 Å². The fraction of sp³-hybridized carbons (Fsp3) is 0.235. The zero-order valence-electron chi connectivity index (χ0n) is 12.7. The summed E-state index contributed by atoms with van der Waals surface area (Å²) in [5.41, 5.74) is 3.58. The molecule has 2 N–H and O–H groups in total. The van der Waals surface area contributed by atoms with Crippen LogP contribution in [0, 0.1) is 12.8 Å². The summed E-state index contributed by atoms with van der Waals surface area (Å²) in [5, 5.41) is 6.67. The Morgan fingerprint density at radius 1 is 1.17 bits per heavy atom. The molecule has 118 valence electrons. The first-order chi connectivity index (χ1) is 11.1. The number of anilines is 1. The molecule has 0 spiro atoms. The molecule has 0 radical (unpaired) electrons. The van der Waals surface area contributed by atoms with Crippen LogP contribution in [0.1, 0.15) is 34.7 Å². The third-order valence-electron chi connectivity index (χ3n) is 3.48. The van der Waals surface area contributed by atoms with Gasteiger partial charge in [0.05, 0.1) is 6.21 Å². The second kappa shape index (κ2) is 6.48. The number of benzene rings is 1. The van der Waals surface area contributed by atoms with Crippen molar-refractivity contribution in [1.82, 2.24) is 5.43 Å². The van der Waals surface area contributed by atoms with E-state index in [9.17, 15) is 9.59 Å². The van der Waals surface area contributed by atoms with E-state index in [1.54, 1.807) is 30.3 Å². The highest BCUT2D eigenvalue weighted by atomic mass is 16.3. The van der Waals surface area contributed by atoms with E-state index in [2.05, 4.69) is 15.8 Å². The Morgan fingerprint density at radius 3 is 2.52 bits per heavy atom. The molecule has 0 saturated heterocycles. The molecule has 2 amide bonds. The molecule has 0 bridgehead atoms. The van der Waals surface area contributed by atoms with Crippen molar-refractivity contribution in [2.45, 2.75) is 19.8 Å². The molecular formula is C17H17N3O3. The van der Waals surface area contributed by atoms with Gasteiger partial charge in [0.1, 0.15) is 11.5 Å². The van der Waals surface area contributed by atoms with Gasteiger partial charge in [-0.15, -0.1) is 0 Å². The lowest BCUT2D eigenvalue weighted by Crippen LogP contribution is -2.18. The third kappa shape index (κ3) is 4.06. The molecule has 0 unspecified atom stereocenters. The maximum absolute atomic E-state index is 11.9. The Morgan fingerprint density at radius 2 is 1.91 bits per heavy atom. The second-order valence-corrected chi connectivity index (χ2v) is 5.49. The molecule has 3 rings (SSSR count). The van der Waals surface area contributed by atoms with Crippen LogP contribution in [0.4, 0.5) is 5.69 Å². The summed E-state index contributed by atoms with van der Waals surface area (Å²) in [4.78, 5) is 23.6. The minimum Gasteiger partial charge on any atom is -0.460 e. The molecule has 2 aromatic rings. The summed E-state index contributed by atoms with van der Waals surface area (Å²) in [6.45, 7) is 1.83. The summed E-state index contributed by atoms with van der Waals surface area (Å²) < 4.78 is 5.31. The molecule has 1 aromatic heterocycles. The van der Waals surface area contributed by atoms with Crippen molar-refractivity contribution in [3.63, 3.8) is 0 Å². The smallest absolute Gasteiger partial charge is 0.271 e. The van der Waals surface area contributed by atoms with E-state index < -0.39 is 0 Å². The zero-order chi connectivity index (χ0) is 16.2. The van der Waals surface area contributed by atoms with Crippen molar-refractivity contribution in [3.8, 4) is 0 Å². The first-order valence-corrected chi connectivity index (χ1v) is 7.42. The summed E-state index contributed by atoms with van der Waals surface area (Å²) in [5.74, 6) is 1.21. The van der Waals surface area contributed by atoms with Crippen LogP contribution in [0.2, 0.25) is 0 Å². The number of nitrogens with one attached hydrogen (secondary N) is 2. The van der Waals surface area contributed by atoms with Crippen LogP contribution in [0.25, 0.3) is 0 Å². The van der Waals surface area contributed by atoms with Crippen LogP contribution in [0.3, 0.4) is 0 Å². The molecule has 1 fully saturated rings. The highest BCUT2D eigenvalue weighted by Crippen LogP contribution is 2.30. The van der Waals surface area contributed by atoms with Gasteiger partial charge in [0, 0.05) is 17.2 Å². The molecule has 0 aliphatic heterocycles. The van der Waals surface area contributed by atoms with E-state index in [0.717, 1.165) is 18.6 Å². The monoisotopic (exact) mass is 311 g/mol. The maximum Gasteiger partial charge on any atom is 0.271 e. The topological polar surface area (TPSA) is 83.7 Å². The van der Waals surface area contributed by atoms with Crippen LogP contribution in [-0.4, -0.2) is 18.0 Å². The quantitative estimate of drug-likeness (QED) is 0.658. The van der Waals surface area contributed by atoms with Crippen molar-refractivity contribution in [2.75, 3.05) is 5.32 Å². The van der Waals surface area contributed by atoms with Gasteiger partial charge in [-0.05, 0) is 56.2 Å². The predicted octanol–water partition coefficient (Wildman–Crippen LogP) is 2.70. The molecule has 1 aromatic carbocycles. The van der Waals surface area contributed by atoms with Crippen molar-refractivity contribution in [2.24, 2.45) is 11.0 Å². The van der Waals surface area contributed by atoms with Gasteiger partial charge in [-0.3, -0.25) is 9.59 Å². The van der Waals surface area contributed by atoms with Gasteiger partial charge in [-0.25, -0.2) is 5.43 Å². The third-order valence-corrected chi connectivity index (χ3v) is 3.48. The average Bonchev–Trinajstić information content (AvgIpc) is 3.31. The van der Waals surface area contributed by atoms with E-state index in [-0.39, 0.29) is 17.7 Å². The average molecular weight is 311 g/mol. The normalized spacial score (nSPS) is 14.0. The Balaban J connectivity index is 1.54.